The SMILES string of the molecule is C=Cc1cccc2c3ccccc3n(CC)c12. The smallest absolute Gasteiger partial charge is 0.0564 e. The molecule has 0 aliphatic rings. The summed E-state index contributed by atoms with van der Waals surface area (Å²) in [6.07, 6.45) is 1.94. The number of fused-ring (bicyclic) bond motifs is 3. The van der Waals surface area contributed by atoms with E-state index in [9.17, 15) is 0 Å². The van der Waals surface area contributed by atoms with Crippen LogP contribution < -0.4 is 0 Å². The quantitative estimate of drug-likeness (QED) is 0.602. The molecule has 0 spiro atoms. The fourth-order valence-corrected chi connectivity index (χ4v) is 2.63. The van der Waals surface area contributed by atoms with Crippen molar-refractivity contribution >= 4 is 27.9 Å². The lowest BCUT2D eigenvalue weighted by atomic mass is 10.1. The summed E-state index contributed by atoms with van der Waals surface area (Å²) in [5, 5.41) is 2.65. The first kappa shape index (κ1) is 10.2. The summed E-state index contributed by atoms with van der Waals surface area (Å²) in [6.45, 7) is 7.08. The maximum Gasteiger partial charge on any atom is 0.0564 e. The predicted molar refractivity (Wildman–Crippen MR) is 75.2 cm³/mol. The summed E-state index contributed by atoms with van der Waals surface area (Å²) >= 11 is 0. The topological polar surface area (TPSA) is 4.93 Å². The van der Waals surface area contributed by atoms with Gasteiger partial charge in [-0.15, -0.1) is 0 Å². The molecule has 84 valence electrons. The first-order chi connectivity index (χ1) is 8.36. The highest BCUT2D eigenvalue weighted by molar-refractivity contribution is 6.10. The Hall–Kier alpha value is -2.02. The number of rotatable bonds is 2. The molecule has 2 aromatic carbocycles. The molecule has 0 aliphatic carbocycles. The Morgan fingerprint density at radius 1 is 1.06 bits per heavy atom. The van der Waals surface area contributed by atoms with Crippen LogP contribution >= 0.6 is 0 Å². The zero-order valence-corrected chi connectivity index (χ0v) is 9.98. The first-order valence-corrected chi connectivity index (χ1v) is 5.99. The van der Waals surface area contributed by atoms with E-state index in [0.29, 0.717) is 0 Å². The summed E-state index contributed by atoms with van der Waals surface area (Å²) in [5.41, 5.74) is 3.81. The molecule has 0 bridgehead atoms. The molecule has 3 aromatic rings. The average molecular weight is 221 g/mol. The Morgan fingerprint density at radius 3 is 2.59 bits per heavy atom. The van der Waals surface area contributed by atoms with Crippen LogP contribution in [-0.4, -0.2) is 4.57 Å². The van der Waals surface area contributed by atoms with Gasteiger partial charge in [0.15, 0.2) is 0 Å². The van der Waals surface area contributed by atoms with Gasteiger partial charge in [-0.1, -0.05) is 49.1 Å². The second-order valence-electron chi connectivity index (χ2n) is 4.21. The van der Waals surface area contributed by atoms with Gasteiger partial charge in [0.05, 0.1) is 5.52 Å². The molecule has 0 unspecified atom stereocenters. The fourth-order valence-electron chi connectivity index (χ4n) is 2.63. The average Bonchev–Trinajstić information content (AvgIpc) is 2.72. The van der Waals surface area contributed by atoms with Crippen LogP contribution in [0.2, 0.25) is 0 Å². The fraction of sp³-hybridized carbons (Fsp3) is 0.125. The second kappa shape index (κ2) is 3.77. The van der Waals surface area contributed by atoms with Gasteiger partial charge in [-0.2, -0.15) is 0 Å². The van der Waals surface area contributed by atoms with Gasteiger partial charge in [-0.3, -0.25) is 0 Å². The molecule has 17 heavy (non-hydrogen) atoms. The molecule has 1 nitrogen and oxygen atoms in total. The monoisotopic (exact) mass is 221 g/mol. The van der Waals surface area contributed by atoms with Crippen molar-refractivity contribution in [3.63, 3.8) is 0 Å². The highest BCUT2D eigenvalue weighted by Crippen LogP contribution is 2.31. The maximum atomic E-state index is 3.91. The number of hydrogen-bond acceptors (Lipinski definition) is 0. The highest BCUT2D eigenvalue weighted by atomic mass is 15.0. The van der Waals surface area contributed by atoms with Crippen LogP contribution in [-0.2, 0) is 6.54 Å². The number of aromatic nitrogens is 1. The minimum atomic E-state index is 0.981. The molecule has 0 N–H and O–H groups in total. The molecule has 3 rings (SSSR count). The minimum absolute atomic E-state index is 0.981. The van der Waals surface area contributed by atoms with E-state index in [1.54, 1.807) is 0 Å². The van der Waals surface area contributed by atoms with Crippen LogP contribution in [0.4, 0.5) is 0 Å². The molecule has 1 heterocycles. The predicted octanol–water partition coefficient (Wildman–Crippen LogP) is 4.46. The molecule has 1 heteroatoms. The molecular weight excluding hydrogens is 206 g/mol. The molecule has 0 saturated heterocycles. The second-order valence-corrected chi connectivity index (χ2v) is 4.21. The minimum Gasteiger partial charge on any atom is -0.340 e. The van der Waals surface area contributed by atoms with Crippen molar-refractivity contribution in [2.75, 3.05) is 0 Å². The summed E-state index contributed by atoms with van der Waals surface area (Å²) in [6, 6.07) is 15.0. The number of benzene rings is 2. The molecular formula is C16H15N. The summed E-state index contributed by atoms with van der Waals surface area (Å²) in [4.78, 5) is 0. The Balaban J connectivity index is 2.63. The van der Waals surface area contributed by atoms with Crippen LogP contribution in [0.15, 0.2) is 49.0 Å². The zero-order chi connectivity index (χ0) is 11.8. The van der Waals surface area contributed by atoms with Crippen LogP contribution in [0.5, 0.6) is 0 Å². The van der Waals surface area contributed by atoms with Gasteiger partial charge in [0.25, 0.3) is 0 Å². The Labute approximate surface area is 101 Å². The van der Waals surface area contributed by atoms with E-state index in [-0.39, 0.29) is 0 Å². The number of hydrogen-bond donors (Lipinski definition) is 0. The van der Waals surface area contributed by atoms with E-state index in [1.165, 1.54) is 27.4 Å². The Morgan fingerprint density at radius 2 is 1.82 bits per heavy atom. The van der Waals surface area contributed by atoms with Gasteiger partial charge >= 0.3 is 0 Å². The molecule has 0 radical (unpaired) electrons. The molecule has 0 amide bonds. The maximum absolute atomic E-state index is 3.91. The third-order valence-electron chi connectivity index (χ3n) is 3.36. The summed E-state index contributed by atoms with van der Waals surface area (Å²) in [7, 11) is 0. The van der Waals surface area contributed by atoms with Crippen molar-refractivity contribution in [2.24, 2.45) is 0 Å². The molecule has 0 atom stereocenters. The molecule has 0 aliphatic heterocycles. The van der Waals surface area contributed by atoms with Gasteiger partial charge in [0.1, 0.15) is 0 Å². The van der Waals surface area contributed by atoms with Crippen LogP contribution in [0.25, 0.3) is 27.9 Å². The van der Waals surface area contributed by atoms with E-state index in [2.05, 4.69) is 60.5 Å². The zero-order valence-electron chi connectivity index (χ0n) is 9.98. The van der Waals surface area contributed by atoms with Crippen molar-refractivity contribution in [3.8, 4) is 0 Å². The molecule has 0 fully saturated rings. The standard InChI is InChI=1S/C16H15N/c1-3-12-8-7-10-14-13-9-5-6-11-15(13)17(4-2)16(12)14/h3,5-11H,1,4H2,2H3. The number of nitrogens with zero attached hydrogens (tertiary/aromatic N) is 1. The lowest BCUT2D eigenvalue weighted by Gasteiger charge is -2.05. The normalized spacial score (nSPS) is 11.1. The van der Waals surface area contributed by atoms with E-state index in [1.807, 2.05) is 6.08 Å². The van der Waals surface area contributed by atoms with Crippen LogP contribution in [0.3, 0.4) is 0 Å². The van der Waals surface area contributed by atoms with Crippen LogP contribution in [0.1, 0.15) is 12.5 Å². The van der Waals surface area contributed by atoms with Gasteiger partial charge in [0.2, 0.25) is 0 Å². The van der Waals surface area contributed by atoms with E-state index < -0.39 is 0 Å². The lowest BCUT2D eigenvalue weighted by Crippen LogP contribution is -1.94. The van der Waals surface area contributed by atoms with Crippen molar-refractivity contribution < 1.29 is 0 Å². The highest BCUT2D eigenvalue weighted by Gasteiger charge is 2.10. The van der Waals surface area contributed by atoms with Crippen molar-refractivity contribution in [3.05, 3.63) is 54.6 Å². The molecule has 1 aromatic heterocycles. The van der Waals surface area contributed by atoms with E-state index >= 15 is 0 Å². The summed E-state index contributed by atoms with van der Waals surface area (Å²) < 4.78 is 2.36. The van der Waals surface area contributed by atoms with Gasteiger partial charge in [0, 0.05) is 22.8 Å². The third-order valence-corrected chi connectivity index (χ3v) is 3.36. The van der Waals surface area contributed by atoms with Gasteiger partial charge < -0.3 is 4.57 Å². The summed E-state index contributed by atoms with van der Waals surface area (Å²) in [5.74, 6) is 0. The van der Waals surface area contributed by atoms with Crippen molar-refractivity contribution in [2.45, 2.75) is 13.5 Å². The van der Waals surface area contributed by atoms with Gasteiger partial charge in [-0.25, -0.2) is 0 Å². The number of aryl methyl sites for hydroxylation is 1. The van der Waals surface area contributed by atoms with E-state index in [4.69, 9.17) is 0 Å². The largest absolute Gasteiger partial charge is 0.340 e. The molecule has 0 saturated carbocycles. The number of para-hydroxylation sites is 2. The lowest BCUT2D eigenvalue weighted by molar-refractivity contribution is 0.826. The van der Waals surface area contributed by atoms with Gasteiger partial charge in [-0.05, 0) is 18.6 Å². The van der Waals surface area contributed by atoms with E-state index in [0.717, 1.165) is 6.54 Å². The first-order valence-electron chi connectivity index (χ1n) is 5.99. The van der Waals surface area contributed by atoms with Crippen molar-refractivity contribution in [1.82, 2.24) is 4.57 Å². The van der Waals surface area contributed by atoms with Crippen molar-refractivity contribution in [1.29, 1.82) is 0 Å². The Bertz CT molecular complexity index is 704. The third kappa shape index (κ3) is 1.32. The Kier molecular flexibility index (Phi) is 2.25. The van der Waals surface area contributed by atoms with Crippen LogP contribution in [0, 0.1) is 0 Å².